The number of fused-ring (bicyclic) bond motifs is 1. The highest BCUT2D eigenvalue weighted by atomic mass is 79.9. The summed E-state index contributed by atoms with van der Waals surface area (Å²) in [5.41, 5.74) is 0.496. The summed E-state index contributed by atoms with van der Waals surface area (Å²) in [5, 5.41) is 4.01. The molecule has 1 heterocycles. The van der Waals surface area contributed by atoms with Gasteiger partial charge in [-0.25, -0.2) is 4.79 Å². The highest BCUT2D eigenvalue weighted by Gasteiger charge is 2.42. The minimum absolute atomic E-state index is 0.124. The topological polar surface area (TPSA) is 97.0 Å². The zero-order valence-electron chi connectivity index (χ0n) is 13.4. The van der Waals surface area contributed by atoms with E-state index < -0.39 is 36.7 Å². The van der Waals surface area contributed by atoms with Crippen molar-refractivity contribution in [2.24, 2.45) is 0 Å². The first-order chi connectivity index (χ1) is 12.0. The zero-order chi connectivity index (χ0) is 19.6. The molecule has 0 radical (unpaired) electrons. The Hall–Kier alpha value is -2.50. The molecule has 0 fully saturated rings. The molecule has 0 aliphatic carbocycles. The van der Waals surface area contributed by atoms with Gasteiger partial charge in [-0.1, -0.05) is 0 Å². The largest absolute Gasteiger partial charge is 0.489 e. The van der Waals surface area contributed by atoms with Crippen LogP contribution in [-0.4, -0.2) is 50.9 Å². The summed E-state index contributed by atoms with van der Waals surface area (Å²) < 4.78 is 47.5. The van der Waals surface area contributed by atoms with Crippen LogP contribution in [0.2, 0.25) is 0 Å². The first kappa shape index (κ1) is 19.8. The van der Waals surface area contributed by atoms with Crippen LogP contribution in [0.3, 0.4) is 0 Å². The Bertz CT molecular complexity index is 756. The number of rotatable bonds is 2. The van der Waals surface area contributed by atoms with E-state index in [1.165, 1.54) is 26.3 Å². The average Bonchev–Trinajstić information content (AvgIpc) is 2.67. The third kappa shape index (κ3) is 4.18. The molecule has 12 heteroatoms. The van der Waals surface area contributed by atoms with Crippen LogP contribution in [0.25, 0.3) is 0 Å². The van der Waals surface area contributed by atoms with Gasteiger partial charge in [0.1, 0.15) is 18.4 Å². The van der Waals surface area contributed by atoms with Crippen LogP contribution in [0.15, 0.2) is 16.6 Å². The van der Waals surface area contributed by atoms with Crippen LogP contribution in [0.1, 0.15) is 0 Å². The number of hydrogen-bond donors (Lipinski definition) is 2. The number of nitrogens with one attached hydrogen (secondary N) is 2. The van der Waals surface area contributed by atoms with E-state index >= 15 is 0 Å². The van der Waals surface area contributed by atoms with E-state index in [1.807, 2.05) is 0 Å². The second kappa shape index (κ2) is 7.40. The highest BCUT2D eigenvalue weighted by molar-refractivity contribution is 9.10. The molecule has 0 unspecified atom stereocenters. The Morgan fingerprint density at radius 1 is 1.38 bits per heavy atom. The fourth-order valence-corrected chi connectivity index (χ4v) is 2.55. The molecule has 1 aromatic carbocycles. The van der Waals surface area contributed by atoms with Crippen LogP contribution < -0.4 is 20.3 Å². The average molecular weight is 440 g/mol. The number of likely N-dealkylation sites (N-methyl/N-ethyl adjacent to an activating group) is 1. The van der Waals surface area contributed by atoms with Gasteiger partial charge < -0.3 is 19.7 Å². The van der Waals surface area contributed by atoms with Gasteiger partial charge in [-0.15, -0.1) is 0 Å². The summed E-state index contributed by atoms with van der Waals surface area (Å²) >= 11 is 3.21. The van der Waals surface area contributed by atoms with Crippen molar-refractivity contribution in [3.8, 4) is 5.75 Å². The van der Waals surface area contributed by atoms with Crippen molar-refractivity contribution < 1.29 is 37.0 Å². The third-order valence-electron chi connectivity index (χ3n) is 3.43. The van der Waals surface area contributed by atoms with Crippen molar-refractivity contribution in [1.82, 2.24) is 5.32 Å². The predicted molar refractivity (Wildman–Crippen MR) is 87.1 cm³/mol. The van der Waals surface area contributed by atoms with E-state index in [-0.39, 0.29) is 17.1 Å². The van der Waals surface area contributed by atoms with Crippen LogP contribution in [0.4, 0.5) is 29.3 Å². The number of amides is 3. The first-order valence-corrected chi connectivity index (χ1v) is 7.80. The summed E-state index contributed by atoms with van der Waals surface area (Å²) in [6, 6.07) is 1.28. The Balaban J connectivity index is 2.29. The Morgan fingerprint density at radius 3 is 2.62 bits per heavy atom. The first-order valence-electron chi connectivity index (χ1n) is 7.01. The second-order valence-electron chi connectivity index (χ2n) is 5.15. The number of benzene rings is 1. The maximum absolute atomic E-state index is 12.4. The second-order valence-corrected chi connectivity index (χ2v) is 6.00. The molecule has 142 valence electrons. The number of nitrogens with zero attached hydrogens (tertiary/aromatic N) is 1. The van der Waals surface area contributed by atoms with E-state index in [2.05, 4.69) is 26.0 Å². The smallest absolute Gasteiger partial charge is 0.471 e. The minimum atomic E-state index is -5.13. The summed E-state index contributed by atoms with van der Waals surface area (Å²) in [4.78, 5) is 35.8. The molecule has 1 atom stereocenters. The van der Waals surface area contributed by atoms with Gasteiger partial charge in [0.25, 0.3) is 5.91 Å². The molecular formula is C14H13BrF3N3O5. The van der Waals surface area contributed by atoms with E-state index in [9.17, 15) is 27.6 Å². The lowest BCUT2D eigenvalue weighted by atomic mass is 10.2. The van der Waals surface area contributed by atoms with Gasteiger partial charge in [-0.05, 0) is 22.0 Å². The molecule has 0 saturated carbocycles. The normalized spacial score (nSPS) is 16.9. The molecule has 0 aromatic heterocycles. The van der Waals surface area contributed by atoms with E-state index in [0.717, 1.165) is 4.90 Å². The molecule has 2 N–H and O–H groups in total. The van der Waals surface area contributed by atoms with E-state index in [0.29, 0.717) is 4.47 Å². The van der Waals surface area contributed by atoms with Gasteiger partial charge in [0.05, 0.1) is 18.5 Å². The molecule has 0 spiro atoms. The number of alkyl halides is 3. The lowest BCUT2D eigenvalue weighted by Crippen LogP contribution is -2.52. The number of anilines is 2. The molecule has 8 nitrogen and oxygen atoms in total. The zero-order valence-corrected chi connectivity index (χ0v) is 15.0. The van der Waals surface area contributed by atoms with E-state index in [4.69, 9.17) is 4.74 Å². The van der Waals surface area contributed by atoms with Crippen molar-refractivity contribution in [2.45, 2.75) is 12.2 Å². The number of carbonyl (C=O) groups is 3. The fourth-order valence-electron chi connectivity index (χ4n) is 2.12. The Labute approximate surface area is 153 Å². The number of hydrogen-bond acceptors (Lipinski definition) is 5. The monoisotopic (exact) mass is 439 g/mol. The van der Waals surface area contributed by atoms with Crippen molar-refractivity contribution in [3.63, 3.8) is 0 Å². The molecule has 0 saturated heterocycles. The third-order valence-corrected chi connectivity index (χ3v) is 4.09. The van der Waals surface area contributed by atoms with Crippen molar-refractivity contribution in [3.05, 3.63) is 16.6 Å². The lowest BCUT2D eigenvalue weighted by molar-refractivity contribution is -0.174. The quantitative estimate of drug-likeness (QED) is 0.734. The number of ether oxygens (including phenoxy) is 2. The summed E-state index contributed by atoms with van der Waals surface area (Å²) in [5.74, 6) is -2.91. The standard InChI is InChI=1S/C14H13BrF3N3O5/c1-21-9-3-6(15)7(20-13(24)25-2)4-10(9)26-5-8(11(21)22)19-12(23)14(16,17)18/h3-4,8H,5H2,1-2H3,(H,19,23)(H,20,24)/t8-/m0/s1. The molecule has 3 amide bonds. The van der Waals surface area contributed by atoms with Crippen LogP contribution >= 0.6 is 15.9 Å². The predicted octanol–water partition coefficient (Wildman–Crippen LogP) is 2.03. The van der Waals surface area contributed by atoms with E-state index in [1.54, 1.807) is 5.32 Å². The molecule has 0 bridgehead atoms. The number of methoxy groups -OCH3 is 1. The fraction of sp³-hybridized carbons (Fsp3) is 0.357. The molecule has 2 rings (SSSR count). The maximum atomic E-state index is 12.4. The Morgan fingerprint density at radius 2 is 2.04 bits per heavy atom. The summed E-state index contributed by atoms with van der Waals surface area (Å²) in [6.45, 7) is -0.517. The number of carbonyl (C=O) groups excluding carboxylic acids is 3. The molecule has 1 aliphatic rings. The van der Waals surface area contributed by atoms with Crippen LogP contribution in [0, 0.1) is 0 Å². The summed E-state index contributed by atoms with van der Waals surface area (Å²) in [7, 11) is 2.49. The molecule has 1 aromatic rings. The molecule has 1 aliphatic heterocycles. The van der Waals surface area contributed by atoms with Crippen LogP contribution in [-0.2, 0) is 14.3 Å². The summed E-state index contributed by atoms with van der Waals surface area (Å²) in [6.07, 6.45) is -5.88. The SMILES string of the molecule is COC(=O)Nc1cc2c(cc1Br)N(C)C(=O)[C@@H](NC(=O)C(F)(F)F)CO2. The van der Waals surface area contributed by atoms with Gasteiger partial charge in [0.15, 0.2) is 0 Å². The van der Waals surface area contributed by atoms with Gasteiger partial charge in [-0.3, -0.25) is 14.9 Å². The highest BCUT2D eigenvalue weighted by Crippen LogP contribution is 2.38. The van der Waals surface area contributed by atoms with Gasteiger partial charge in [0.2, 0.25) is 0 Å². The van der Waals surface area contributed by atoms with Crippen LogP contribution in [0.5, 0.6) is 5.75 Å². The maximum Gasteiger partial charge on any atom is 0.471 e. The molecular weight excluding hydrogens is 427 g/mol. The van der Waals surface area contributed by atoms with Gasteiger partial charge in [0, 0.05) is 17.6 Å². The lowest BCUT2D eigenvalue weighted by Gasteiger charge is -2.21. The number of halogens is 4. The van der Waals surface area contributed by atoms with Gasteiger partial charge >= 0.3 is 18.2 Å². The Kier molecular flexibility index (Phi) is 5.64. The van der Waals surface area contributed by atoms with Gasteiger partial charge in [-0.2, -0.15) is 13.2 Å². The minimum Gasteiger partial charge on any atom is -0.489 e. The van der Waals surface area contributed by atoms with Crippen molar-refractivity contribution in [2.75, 3.05) is 31.0 Å². The van der Waals surface area contributed by atoms with Crippen molar-refractivity contribution in [1.29, 1.82) is 0 Å². The molecule has 26 heavy (non-hydrogen) atoms. The van der Waals surface area contributed by atoms with Crippen molar-refractivity contribution >= 4 is 45.2 Å².